The number of likely N-dealkylation sites (N-methyl/N-ethyl adjacent to an activating group) is 1. The molecule has 0 saturated heterocycles. The second-order valence-corrected chi connectivity index (χ2v) is 9.39. The number of hydrogen-bond donors (Lipinski definition) is 2. The van der Waals surface area contributed by atoms with E-state index in [1.165, 1.54) is 18.2 Å². The van der Waals surface area contributed by atoms with Gasteiger partial charge in [-0.25, -0.2) is 8.42 Å². The molecule has 2 rings (SSSR count). The van der Waals surface area contributed by atoms with Crippen molar-refractivity contribution in [3.8, 4) is 0 Å². The van der Waals surface area contributed by atoms with Crippen molar-refractivity contribution in [2.24, 2.45) is 0 Å². The average molecular weight is 492 g/mol. The first-order valence-electron chi connectivity index (χ1n) is 9.87. The highest BCUT2D eigenvalue weighted by atomic mass is 35.5. The van der Waals surface area contributed by atoms with Crippen molar-refractivity contribution in [3.63, 3.8) is 0 Å². The topological polar surface area (TPSA) is 78.5 Å². The molecule has 0 saturated carbocycles. The molecule has 0 aliphatic carbocycles. The summed E-state index contributed by atoms with van der Waals surface area (Å²) in [5.41, 5.74) is -1.29. The average Bonchev–Trinajstić information content (AvgIpc) is 2.70. The van der Waals surface area contributed by atoms with Crippen LogP contribution in [0, 0.1) is 0 Å². The molecule has 0 unspecified atom stereocenters. The fourth-order valence-electron chi connectivity index (χ4n) is 3.01. The molecule has 0 aliphatic heterocycles. The van der Waals surface area contributed by atoms with Gasteiger partial charge < -0.3 is 5.32 Å². The second-order valence-electron chi connectivity index (χ2n) is 7.30. The van der Waals surface area contributed by atoms with Crippen molar-refractivity contribution in [2.75, 3.05) is 24.4 Å². The number of amides is 1. The third-order valence-corrected chi connectivity index (χ3v) is 6.46. The number of sulfonamides is 1. The van der Waals surface area contributed by atoms with Gasteiger partial charge in [0.2, 0.25) is 0 Å². The van der Waals surface area contributed by atoms with Crippen LogP contribution < -0.4 is 10.0 Å². The van der Waals surface area contributed by atoms with Crippen LogP contribution in [0.15, 0.2) is 47.4 Å². The molecular weight excluding hydrogens is 467 g/mol. The molecule has 0 aromatic heterocycles. The molecule has 32 heavy (non-hydrogen) atoms. The SMILES string of the molecule is CCN(CCNC(=O)c1cc(S(=O)(=O)Nc2cccc(C(F)(F)F)c2)ccc1Cl)C(C)C. The molecule has 0 aliphatic rings. The van der Waals surface area contributed by atoms with Crippen LogP contribution in [0.25, 0.3) is 0 Å². The van der Waals surface area contributed by atoms with E-state index in [2.05, 4.69) is 14.9 Å². The van der Waals surface area contributed by atoms with Gasteiger partial charge in [0.1, 0.15) is 0 Å². The number of halogens is 4. The van der Waals surface area contributed by atoms with Crippen molar-refractivity contribution < 1.29 is 26.4 Å². The largest absolute Gasteiger partial charge is 0.416 e. The van der Waals surface area contributed by atoms with Gasteiger partial charge in [-0.15, -0.1) is 0 Å². The number of rotatable bonds is 9. The minimum Gasteiger partial charge on any atom is -0.351 e. The molecule has 0 fully saturated rings. The first-order valence-corrected chi connectivity index (χ1v) is 11.7. The highest BCUT2D eigenvalue weighted by Gasteiger charge is 2.31. The standard InChI is InChI=1S/C21H25ClF3N3O3S/c1-4-28(14(2)3)11-10-26-20(29)18-13-17(8-9-19(18)22)32(30,31)27-16-7-5-6-15(12-16)21(23,24)25/h5-9,12-14,27H,4,10-11H2,1-3H3,(H,26,29). The minimum atomic E-state index is -4.62. The van der Waals surface area contributed by atoms with Crippen molar-refractivity contribution in [3.05, 3.63) is 58.6 Å². The Kier molecular flexibility index (Phi) is 8.55. The van der Waals surface area contributed by atoms with Crippen LogP contribution in [0.3, 0.4) is 0 Å². The summed E-state index contributed by atoms with van der Waals surface area (Å²) in [6.45, 7) is 7.82. The summed E-state index contributed by atoms with van der Waals surface area (Å²) in [6, 6.07) is 7.64. The highest BCUT2D eigenvalue weighted by molar-refractivity contribution is 7.92. The minimum absolute atomic E-state index is 0.0498. The quantitative estimate of drug-likeness (QED) is 0.536. The molecule has 2 N–H and O–H groups in total. The van der Waals surface area contributed by atoms with Gasteiger partial charge in [-0.05, 0) is 56.8 Å². The van der Waals surface area contributed by atoms with Crippen LogP contribution in [-0.2, 0) is 16.2 Å². The summed E-state index contributed by atoms with van der Waals surface area (Å²) in [5, 5.41) is 2.76. The molecule has 2 aromatic carbocycles. The molecule has 0 bridgehead atoms. The Labute approximate surface area is 190 Å². The van der Waals surface area contributed by atoms with Crippen molar-refractivity contribution >= 4 is 33.2 Å². The molecule has 2 aromatic rings. The van der Waals surface area contributed by atoms with Gasteiger partial charge in [-0.2, -0.15) is 13.2 Å². The van der Waals surface area contributed by atoms with Crippen LogP contribution in [0.4, 0.5) is 18.9 Å². The Morgan fingerprint density at radius 2 is 1.84 bits per heavy atom. The number of anilines is 1. The third kappa shape index (κ3) is 6.85. The maximum Gasteiger partial charge on any atom is 0.416 e. The van der Waals surface area contributed by atoms with E-state index in [0.29, 0.717) is 25.2 Å². The van der Waals surface area contributed by atoms with Gasteiger partial charge in [-0.1, -0.05) is 24.6 Å². The lowest BCUT2D eigenvalue weighted by atomic mass is 10.2. The summed E-state index contributed by atoms with van der Waals surface area (Å²) >= 11 is 6.08. The number of nitrogens with one attached hydrogen (secondary N) is 2. The zero-order chi connectivity index (χ0) is 24.1. The van der Waals surface area contributed by atoms with Gasteiger partial charge >= 0.3 is 6.18 Å². The van der Waals surface area contributed by atoms with E-state index >= 15 is 0 Å². The second kappa shape index (κ2) is 10.5. The van der Waals surface area contributed by atoms with Crippen LogP contribution in [0.5, 0.6) is 0 Å². The predicted octanol–water partition coefficient (Wildman–Crippen LogP) is 4.62. The molecule has 6 nitrogen and oxygen atoms in total. The Morgan fingerprint density at radius 3 is 2.44 bits per heavy atom. The Morgan fingerprint density at radius 1 is 1.16 bits per heavy atom. The normalized spacial score (nSPS) is 12.3. The van der Waals surface area contributed by atoms with Gasteiger partial charge in [0.25, 0.3) is 15.9 Å². The zero-order valence-corrected chi connectivity index (χ0v) is 19.4. The third-order valence-electron chi connectivity index (χ3n) is 4.76. The summed E-state index contributed by atoms with van der Waals surface area (Å²) in [4.78, 5) is 14.4. The number of hydrogen-bond acceptors (Lipinski definition) is 4. The molecule has 0 heterocycles. The summed E-state index contributed by atoms with van der Waals surface area (Å²) in [5.74, 6) is -0.550. The number of benzene rings is 2. The fraction of sp³-hybridized carbons (Fsp3) is 0.381. The summed E-state index contributed by atoms with van der Waals surface area (Å²) in [7, 11) is -4.26. The maximum absolute atomic E-state index is 12.9. The van der Waals surface area contributed by atoms with E-state index in [1.807, 2.05) is 20.8 Å². The predicted molar refractivity (Wildman–Crippen MR) is 118 cm³/mol. The summed E-state index contributed by atoms with van der Waals surface area (Å²) < 4.78 is 66.2. The molecule has 1 amide bonds. The van der Waals surface area contributed by atoms with Crippen molar-refractivity contribution in [1.82, 2.24) is 10.2 Å². The maximum atomic E-state index is 12.9. The molecular formula is C21H25ClF3N3O3S. The van der Waals surface area contributed by atoms with Crippen LogP contribution in [0.1, 0.15) is 36.7 Å². The smallest absolute Gasteiger partial charge is 0.351 e. The number of nitrogens with zero attached hydrogens (tertiary/aromatic N) is 1. The fourth-order valence-corrected chi connectivity index (χ4v) is 4.29. The van der Waals surface area contributed by atoms with E-state index < -0.39 is 27.7 Å². The molecule has 0 spiro atoms. The van der Waals surface area contributed by atoms with Gasteiger partial charge in [-0.3, -0.25) is 14.4 Å². The van der Waals surface area contributed by atoms with Crippen LogP contribution in [-0.4, -0.2) is 44.9 Å². The van der Waals surface area contributed by atoms with E-state index in [1.54, 1.807) is 0 Å². The molecule has 0 atom stereocenters. The van der Waals surface area contributed by atoms with E-state index in [0.717, 1.165) is 24.7 Å². The zero-order valence-electron chi connectivity index (χ0n) is 17.8. The molecule has 0 radical (unpaired) electrons. The van der Waals surface area contributed by atoms with Gasteiger partial charge in [0.15, 0.2) is 0 Å². The van der Waals surface area contributed by atoms with Crippen LogP contribution >= 0.6 is 11.6 Å². The molecule has 176 valence electrons. The van der Waals surface area contributed by atoms with Crippen molar-refractivity contribution in [2.45, 2.75) is 37.9 Å². The first kappa shape index (κ1) is 26.0. The lowest BCUT2D eigenvalue weighted by Crippen LogP contribution is -2.38. The number of carbonyl (C=O) groups is 1. The van der Waals surface area contributed by atoms with E-state index in [9.17, 15) is 26.4 Å². The number of alkyl halides is 3. The monoisotopic (exact) mass is 491 g/mol. The Bertz CT molecular complexity index is 1060. The van der Waals surface area contributed by atoms with Gasteiger partial charge in [0.05, 0.1) is 21.0 Å². The highest BCUT2D eigenvalue weighted by Crippen LogP contribution is 2.31. The van der Waals surface area contributed by atoms with Crippen LogP contribution in [0.2, 0.25) is 5.02 Å². The molecule has 11 heteroatoms. The lowest BCUT2D eigenvalue weighted by Gasteiger charge is -2.24. The van der Waals surface area contributed by atoms with Crippen molar-refractivity contribution in [1.29, 1.82) is 0 Å². The Balaban J connectivity index is 2.19. The summed E-state index contributed by atoms with van der Waals surface area (Å²) in [6.07, 6.45) is -4.62. The number of carbonyl (C=O) groups excluding carboxylic acids is 1. The Hall–Kier alpha value is -2.30. The first-order chi connectivity index (χ1) is 14.8. The van der Waals surface area contributed by atoms with E-state index in [-0.39, 0.29) is 21.2 Å². The van der Waals surface area contributed by atoms with E-state index in [4.69, 9.17) is 11.6 Å². The lowest BCUT2D eigenvalue weighted by molar-refractivity contribution is -0.137. The van der Waals surface area contributed by atoms with Gasteiger partial charge in [0, 0.05) is 24.8 Å².